The molecule has 2 fully saturated rings. The second-order valence-electron chi connectivity index (χ2n) is 6.45. The average molecular weight is 290 g/mol. The molecule has 1 atom stereocenters. The Morgan fingerprint density at radius 1 is 1.38 bits per heavy atom. The van der Waals surface area contributed by atoms with Crippen molar-refractivity contribution in [3.63, 3.8) is 0 Å². The van der Waals surface area contributed by atoms with Crippen molar-refractivity contribution in [1.29, 1.82) is 0 Å². The van der Waals surface area contributed by atoms with E-state index < -0.39 is 0 Å². The molecular formula is C16H26N4O. The summed E-state index contributed by atoms with van der Waals surface area (Å²) in [5.74, 6) is 0.294. The molecule has 2 N–H and O–H groups in total. The third kappa shape index (κ3) is 2.48. The molecule has 1 aliphatic heterocycles. The lowest BCUT2D eigenvalue weighted by Crippen LogP contribution is -2.48. The van der Waals surface area contributed by atoms with Gasteiger partial charge in [0, 0.05) is 12.2 Å². The molecule has 1 aromatic rings. The number of aromatic amines is 1. The van der Waals surface area contributed by atoms with E-state index in [1.165, 1.54) is 6.42 Å². The normalized spacial score (nSPS) is 25.0. The number of imidazole rings is 1. The van der Waals surface area contributed by atoms with E-state index in [4.69, 9.17) is 0 Å². The minimum absolute atomic E-state index is 0.0617. The summed E-state index contributed by atoms with van der Waals surface area (Å²) in [5.41, 5.74) is 1.69. The highest BCUT2D eigenvalue weighted by atomic mass is 16.2. The number of aromatic nitrogens is 2. The van der Waals surface area contributed by atoms with Gasteiger partial charge in [-0.05, 0) is 26.2 Å². The maximum Gasteiger partial charge on any atom is 0.244 e. The number of unbranched alkanes of at least 4 members (excludes halogenated alkanes) is 1. The van der Waals surface area contributed by atoms with Gasteiger partial charge < -0.3 is 9.88 Å². The first kappa shape index (κ1) is 14.6. The number of aryl methyl sites for hydroxylation is 1. The molecule has 2 aliphatic rings. The SMILES string of the molecule is CCCCN1C(=O)C2(CCCCC2)NC1c1nc[nH]c1C. The van der Waals surface area contributed by atoms with Crippen molar-refractivity contribution >= 4 is 5.91 Å². The van der Waals surface area contributed by atoms with Gasteiger partial charge >= 0.3 is 0 Å². The van der Waals surface area contributed by atoms with Crippen LogP contribution in [-0.2, 0) is 4.79 Å². The molecule has 3 rings (SSSR count). The van der Waals surface area contributed by atoms with Crippen LogP contribution in [0.1, 0.15) is 69.4 Å². The number of H-pyrrole nitrogens is 1. The molecule has 116 valence electrons. The Balaban J connectivity index is 1.89. The van der Waals surface area contributed by atoms with E-state index >= 15 is 0 Å². The average Bonchev–Trinajstić information content (AvgIpc) is 3.02. The summed E-state index contributed by atoms with van der Waals surface area (Å²) in [5, 5.41) is 3.65. The number of amides is 1. The van der Waals surface area contributed by atoms with Crippen LogP contribution in [0.25, 0.3) is 0 Å². The molecule has 1 aromatic heterocycles. The van der Waals surface area contributed by atoms with Crippen LogP contribution in [0, 0.1) is 6.92 Å². The predicted octanol–water partition coefficient (Wildman–Crippen LogP) is 2.65. The molecular weight excluding hydrogens is 264 g/mol. The Bertz CT molecular complexity index is 504. The molecule has 5 heteroatoms. The number of hydrogen-bond donors (Lipinski definition) is 2. The van der Waals surface area contributed by atoms with Crippen LogP contribution in [-0.4, -0.2) is 32.9 Å². The number of carbonyl (C=O) groups is 1. The van der Waals surface area contributed by atoms with E-state index in [9.17, 15) is 4.79 Å². The van der Waals surface area contributed by atoms with E-state index in [0.717, 1.165) is 56.5 Å². The lowest BCUT2D eigenvalue weighted by molar-refractivity contribution is -0.134. The van der Waals surface area contributed by atoms with Crippen LogP contribution < -0.4 is 5.32 Å². The van der Waals surface area contributed by atoms with Crippen LogP contribution in [0.4, 0.5) is 0 Å². The Morgan fingerprint density at radius 2 is 2.14 bits per heavy atom. The van der Waals surface area contributed by atoms with Gasteiger partial charge in [-0.1, -0.05) is 32.6 Å². The van der Waals surface area contributed by atoms with Crippen LogP contribution in [0.2, 0.25) is 0 Å². The van der Waals surface area contributed by atoms with E-state index in [-0.39, 0.29) is 11.7 Å². The van der Waals surface area contributed by atoms with Crippen molar-refractivity contribution in [2.45, 2.75) is 70.5 Å². The third-order valence-electron chi connectivity index (χ3n) is 4.98. The summed E-state index contributed by atoms with van der Waals surface area (Å²) in [4.78, 5) is 22.7. The molecule has 1 saturated heterocycles. The molecule has 1 spiro atoms. The molecule has 1 saturated carbocycles. The maximum absolute atomic E-state index is 13.0. The van der Waals surface area contributed by atoms with Gasteiger partial charge in [0.15, 0.2) is 0 Å². The Labute approximate surface area is 126 Å². The van der Waals surface area contributed by atoms with Crippen LogP contribution in [0.3, 0.4) is 0 Å². The highest BCUT2D eigenvalue weighted by Gasteiger charge is 2.52. The van der Waals surface area contributed by atoms with Gasteiger partial charge in [0.2, 0.25) is 5.91 Å². The Kier molecular flexibility index (Phi) is 4.02. The quantitative estimate of drug-likeness (QED) is 0.896. The van der Waals surface area contributed by atoms with E-state index in [0.29, 0.717) is 5.91 Å². The fourth-order valence-electron chi connectivity index (χ4n) is 3.73. The van der Waals surface area contributed by atoms with Gasteiger partial charge in [0.25, 0.3) is 0 Å². The largest absolute Gasteiger partial charge is 0.348 e. The zero-order valence-corrected chi connectivity index (χ0v) is 13.1. The van der Waals surface area contributed by atoms with Crippen molar-refractivity contribution in [2.24, 2.45) is 0 Å². The van der Waals surface area contributed by atoms with Crippen LogP contribution in [0.5, 0.6) is 0 Å². The fraction of sp³-hybridized carbons (Fsp3) is 0.750. The van der Waals surface area contributed by atoms with Crippen molar-refractivity contribution in [3.05, 3.63) is 17.7 Å². The minimum atomic E-state index is -0.331. The van der Waals surface area contributed by atoms with Crippen LogP contribution in [0.15, 0.2) is 6.33 Å². The molecule has 1 amide bonds. The van der Waals surface area contributed by atoms with Crippen molar-refractivity contribution in [3.8, 4) is 0 Å². The summed E-state index contributed by atoms with van der Waals surface area (Å²) in [6.45, 7) is 5.01. The van der Waals surface area contributed by atoms with Gasteiger partial charge in [-0.15, -0.1) is 0 Å². The first-order valence-corrected chi connectivity index (χ1v) is 8.26. The molecule has 21 heavy (non-hydrogen) atoms. The van der Waals surface area contributed by atoms with Gasteiger partial charge in [-0.3, -0.25) is 10.1 Å². The number of rotatable bonds is 4. The van der Waals surface area contributed by atoms with Gasteiger partial charge in [0.05, 0.1) is 17.6 Å². The Hall–Kier alpha value is -1.36. The second kappa shape index (κ2) is 5.79. The van der Waals surface area contributed by atoms with E-state index in [1.54, 1.807) is 6.33 Å². The summed E-state index contributed by atoms with van der Waals surface area (Å²) in [6.07, 6.45) is 9.28. The lowest BCUT2D eigenvalue weighted by Gasteiger charge is -2.31. The molecule has 1 aliphatic carbocycles. The molecule has 0 radical (unpaired) electrons. The standard InChI is InChI=1S/C16H26N4O/c1-3-4-10-20-14(13-12(2)17-11-18-13)19-16(15(20)21)8-6-5-7-9-16/h11,14,19H,3-10H2,1-2H3,(H,17,18). The van der Waals surface area contributed by atoms with Gasteiger partial charge in [-0.2, -0.15) is 0 Å². The Morgan fingerprint density at radius 3 is 2.76 bits per heavy atom. The number of hydrogen-bond acceptors (Lipinski definition) is 3. The molecule has 2 heterocycles. The second-order valence-corrected chi connectivity index (χ2v) is 6.45. The first-order chi connectivity index (χ1) is 10.2. The predicted molar refractivity (Wildman–Crippen MR) is 81.6 cm³/mol. The number of nitrogens with zero attached hydrogens (tertiary/aromatic N) is 2. The highest BCUT2D eigenvalue weighted by Crippen LogP contribution is 2.39. The smallest absolute Gasteiger partial charge is 0.244 e. The minimum Gasteiger partial charge on any atom is -0.348 e. The third-order valence-corrected chi connectivity index (χ3v) is 4.98. The molecule has 1 unspecified atom stereocenters. The van der Waals surface area contributed by atoms with E-state index in [1.807, 2.05) is 11.8 Å². The van der Waals surface area contributed by atoms with Gasteiger partial charge in [0.1, 0.15) is 6.17 Å². The highest BCUT2D eigenvalue weighted by molar-refractivity contribution is 5.89. The fourth-order valence-corrected chi connectivity index (χ4v) is 3.73. The summed E-state index contributed by atoms with van der Waals surface area (Å²) < 4.78 is 0. The van der Waals surface area contributed by atoms with E-state index in [2.05, 4.69) is 22.2 Å². The lowest BCUT2D eigenvalue weighted by atomic mass is 9.81. The summed E-state index contributed by atoms with van der Waals surface area (Å²) in [7, 11) is 0. The zero-order valence-electron chi connectivity index (χ0n) is 13.1. The molecule has 5 nitrogen and oxygen atoms in total. The van der Waals surface area contributed by atoms with Crippen molar-refractivity contribution in [1.82, 2.24) is 20.2 Å². The number of carbonyl (C=O) groups excluding carboxylic acids is 1. The first-order valence-electron chi connectivity index (χ1n) is 8.26. The van der Waals surface area contributed by atoms with Gasteiger partial charge in [-0.25, -0.2) is 4.98 Å². The number of nitrogens with one attached hydrogen (secondary N) is 2. The zero-order chi connectivity index (χ0) is 14.9. The molecule has 0 bridgehead atoms. The topological polar surface area (TPSA) is 61.0 Å². The monoisotopic (exact) mass is 290 g/mol. The van der Waals surface area contributed by atoms with Crippen LogP contribution >= 0.6 is 0 Å². The maximum atomic E-state index is 13.0. The summed E-state index contributed by atoms with van der Waals surface area (Å²) in [6, 6.07) is 0. The van der Waals surface area contributed by atoms with Crippen molar-refractivity contribution < 1.29 is 4.79 Å². The summed E-state index contributed by atoms with van der Waals surface area (Å²) >= 11 is 0. The van der Waals surface area contributed by atoms with Crippen molar-refractivity contribution in [2.75, 3.05) is 6.54 Å². The molecule has 0 aromatic carbocycles.